The van der Waals surface area contributed by atoms with E-state index in [1.54, 1.807) is 6.20 Å². The van der Waals surface area contributed by atoms with Gasteiger partial charge in [0.25, 0.3) is 0 Å². The number of benzene rings is 1. The third kappa shape index (κ3) is 2.82. The Morgan fingerprint density at radius 1 is 1.59 bits per heavy atom. The molecule has 0 spiro atoms. The summed E-state index contributed by atoms with van der Waals surface area (Å²) >= 11 is 0. The second-order valence-electron chi connectivity index (χ2n) is 4.27. The summed E-state index contributed by atoms with van der Waals surface area (Å²) in [6.07, 6.45) is 2.19. The van der Waals surface area contributed by atoms with Gasteiger partial charge in [0.2, 0.25) is 5.91 Å². The lowest BCUT2D eigenvalue weighted by Crippen LogP contribution is -2.20. The zero-order chi connectivity index (χ0) is 12.3. The molecule has 1 aromatic carbocycles. The average molecular weight is 232 g/mol. The van der Waals surface area contributed by atoms with Crippen LogP contribution in [0.3, 0.4) is 0 Å². The third-order valence-electron chi connectivity index (χ3n) is 2.66. The Morgan fingerprint density at radius 3 is 3.18 bits per heavy atom. The molecule has 1 atom stereocenters. The molecule has 0 aliphatic heterocycles. The van der Waals surface area contributed by atoms with Crippen molar-refractivity contribution < 1.29 is 4.79 Å². The summed E-state index contributed by atoms with van der Waals surface area (Å²) < 4.78 is 0. The van der Waals surface area contributed by atoms with Gasteiger partial charge >= 0.3 is 0 Å². The molecule has 90 valence electrons. The van der Waals surface area contributed by atoms with Crippen molar-refractivity contribution in [2.45, 2.75) is 13.3 Å². The van der Waals surface area contributed by atoms with Gasteiger partial charge in [-0.2, -0.15) is 5.10 Å². The van der Waals surface area contributed by atoms with Crippen LogP contribution >= 0.6 is 0 Å². The summed E-state index contributed by atoms with van der Waals surface area (Å²) in [6.45, 7) is 2.48. The van der Waals surface area contributed by atoms with Crippen molar-refractivity contribution in [2.75, 3.05) is 11.9 Å². The molecule has 1 unspecified atom stereocenters. The Hall–Kier alpha value is -1.88. The number of nitrogens with two attached hydrogens (primary N) is 1. The molecule has 0 aliphatic rings. The lowest BCUT2D eigenvalue weighted by atomic mass is 10.1. The molecule has 2 rings (SSSR count). The molecule has 5 heteroatoms. The van der Waals surface area contributed by atoms with Gasteiger partial charge in [0.05, 0.1) is 11.7 Å². The molecular formula is C12H16N4O. The maximum atomic E-state index is 11.7. The Balaban J connectivity index is 2.05. The first-order chi connectivity index (χ1) is 8.19. The van der Waals surface area contributed by atoms with Gasteiger partial charge in [0.15, 0.2) is 0 Å². The Labute approximate surface area is 99.4 Å². The van der Waals surface area contributed by atoms with E-state index in [0.29, 0.717) is 13.0 Å². The maximum Gasteiger partial charge on any atom is 0.224 e. The van der Waals surface area contributed by atoms with Crippen LogP contribution in [0.5, 0.6) is 0 Å². The number of amides is 1. The van der Waals surface area contributed by atoms with E-state index in [0.717, 1.165) is 16.6 Å². The Kier molecular flexibility index (Phi) is 3.39. The van der Waals surface area contributed by atoms with Gasteiger partial charge in [-0.25, -0.2) is 0 Å². The van der Waals surface area contributed by atoms with Crippen LogP contribution in [0.25, 0.3) is 10.9 Å². The third-order valence-corrected chi connectivity index (χ3v) is 2.66. The fourth-order valence-electron chi connectivity index (χ4n) is 1.63. The number of nitrogens with one attached hydrogen (secondary N) is 2. The molecule has 17 heavy (non-hydrogen) atoms. The smallest absolute Gasteiger partial charge is 0.224 e. The zero-order valence-corrected chi connectivity index (χ0v) is 9.73. The molecule has 1 aromatic heterocycles. The fraction of sp³-hybridized carbons (Fsp3) is 0.333. The predicted molar refractivity (Wildman–Crippen MR) is 67.6 cm³/mol. The van der Waals surface area contributed by atoms with Crippen molar-refractivity contribution in [2.24, 2.45) is 11.7 Å². The zero-order valence-electron chi connectivity index (χ0n) is 9.73. The van der Waals surface area contributed by atoms with Crippen LogP contribution in [-0.4, -0.2) is 22.6 Å². The number of aromatic amines is 1. The number of nitrogens with zero attached hydrogens (tertiary/aromatic N) is 1. The summed E-state index contributed by atoms with van der Waals surface area (Å²) in [5.74, 6) is 0.188. The van der Waals surface area contributed by atoms with Crippen molar-refractivity contribution in [3.05, 3.63) is 24.4 Å². The van der Waals surface area contributed by atoms with Crippen LogP contribution < -0.4 is 11.1 Å². The van der Waals surface area contributed by atoms with Gasteiger partial charge in [0.1, 0.15) is 0 Å². The quantitative estimate of drug-likeness (QED) is 0.746. The lowest BCUT2D eigenvalue weighted by molar-refractivity contribution is -0.116. The van der Waals surface area contributed by atoms with Crippen LogP contribution in [0.2, 0.25) is 0 Å². The van der Waals surface area contributed by atoms with Gasteiger partial charge in [-0.05, 0) is 30.7 Å². The van der Waals surface area contributed by atoms with Crippen LogP contribution in [0.15, 0.2) is 24.4 Å². The summed E-state index contributed by atoms with van der Waals surface area (Å²) in [5.41, 5.74) is 7.17. The van der Waals surface area contributed by atoms with Crippen molar-refractivity contribution >= 4 is 22.5 Å². The molecule has 5 nitrogen and oxygen atoms in total. The molecule has 1 heterocycles. The van der Waals surface area contributed by atoms with Gasteiger partial charge in [-0.1, -0.05) is 6.92 Å². The highest BCUT2D eigenvalue weighted by atomic mass is 16.1. The topological polar surface area (TPSA) is 83.8 Å². The Bertz CT molecular complexity index is 520. The molecule has 1 amide bonds. The van der Waals surface area contributed by atoms with Crippen molar-refractivity contribution in [3.8, 4) is 0 Å². The number of anilines is 1. The second-order valence-corrected chi connectivity index (χ2v) is 4.27. The minimum atomic E-state index is -0.0122. The van der Waals surface area contributed by atoms with Crippen LogP contribution in [0, 0.1) is 5.92 Å². The van der Waals surface area contributed by atoms with E-state index in [-0.39, 0.29) is 11.8 Å². The van der Waals surface area contributed by atoms with E-state index in [9.17, 15) is 4.79 Å². The van der Waals surface area contributed by atoms with Gasteiger partial charge in [0, 0.05) is 17.5 Å². The highest BCUT2D eigenvalue weighted by Gasteiger charge is 2.08. The summed E-state index contributed by atoms with van der Waals surface area (Å²) in [5, 5.41) is 10.7. The number of fused-ring (bicyclic) bond motifs is 1. The summed E-state index contributed by atoms with van der Waals surface area (Å²) in [4.78, 5) is 11.7. The van der Waals surface area contributed by atoms with Crippen molar-refractivity contribution in [1.82, 2.24) is 10.2 Å². The standard InChI is InChI=1S/C12H16N4O/c1-8(6-13)4-12(17)15-10-3-2-9-7-14-16-11(9)5-10/h2-3,5,7-8H,4,6,13H2,1H3,(H,14,16)(H,15,17). The second kappa shape index (κ2) is 4.97. The van der Waals surface area contributed by atoms with Crippen LogP contribution in [0.1, 0.15) is 13.3 Å². The molecule has 0 saturated heterocycles. The van der Waals surface area contributed by atoms with E-state index in [4.69, 9.17) is 5.73 Å². The molecule has 0 fully saturated rings. The van der Waals surface area contributed by atoms with Gasteiger partial charge < -0.3 is 11.1 Å². The number of hydrogen-bond donors (Lipinski definition) is 3. The van der Waals surface area contributed by atoms with E-state index in [2.05, 4.69) is 15.5 Å². The maximum absolute atomic E-state index is 11.7. The highest BCUT2D eigenvalue weighted by Crippen LogP contribution is 2.17. The number of carbonyl (C=O) groups is 1. The monoisotopic (exact) mass is 232 g/mol. The predicted octanol–water partition coefficient (Wildman–Crippen LogP) is 1.49. The van der Waals surface area contributed by atoms with Crippen LogP contribution in [0.4, 0.5) is 5.69 Å². The summed E-state index contributed by atoms with van der Waals surface area (Å²) in [7, 11) is 0. The summed E-state index contributed by atoms with van der Waals surface area (Å²) in [6, 6.07) is 5.65. The van der Waals surface area contributed by atoms with Crippen molar-refractivity contribution in [1.29, 1.82) is 0 Å². The molecule has 0 bridgehead atoms. The molecule has 0 aliphatic carbocycles. The number of carbonyl (C=O) groups excluding carboxylic acids is 1. The first-order valence-electron chi connectivity index (χ1n) is 5.62. The number of aromatic nitrogens is 2. The van der Waals surface area contributed by atoms with E-state index in [1.165, 1.54) is 0 Å². The fourth-order valence-corrected chi connectivity index (χ4v) is 1.63. The van der Waals surface area contributed by atoms with Crippen LogP contribution in [-0.2, 0) is 4.79 Å². The number of H-pyrrole nitrogens is 1. The molecule has 2 aromatic rings. The first kappa shape index (κ1) is 11.6. The van der Waals surface area contributed by atoms with E-state index >= 15 is 0 Å². The number of hydrogen-bond acceptors (Lipinski definition) is 3. The lowest BCUT2D eigenvalue weighted by Gasteiger charge is -2.09. The molecule has 0 radical (unpaired) electrons. The number of rotatable bonds is 4. The average Bonchev–Trinajstić information content (AvgIpc) is 2.75. The highest BCUT2D eigenvalue weighted by molar-refractivity contribution is 5.93. The minimum absolute atomic E-state index is 0.0122. The van der Waals surface area contributed by atoms with Gasteiger partial charge in [-0.15, -0.1) is 0 Å². The van der Waals surface area contributed by atoms with Crippen molar-refractivity contribution in [3.63, 3.8) is 0 Å². The Morgan fingerprint density at radius 2 is 2.41 bits per heavy atom. The largest absolute Gasteiger partial charge is 0.330 e. The minimum Gasteiger partial charge on any atom is -0.330 e. The van der Waals surface area contributed by atoms with E-state index in [1.807, 2.05) is 25.1 Å². The SMILES string of the molecule is CC(CN)CC(=O)Nc1ccc2cn[nH]c2c1. The first-order valence-corrected chi connectivity index (χ1v) is 5.62. The normalized spacial score (nSPS) is 12.6. The van der Waals surface area contributed by atoms with E-state index < -0.39 is 0 Å². The molecule has 4 N–H and O–H groups in total. The molecule has 0 saturated carbocycles. The van der Waals surface area contributed by atoms with Gasteiger partial charge in [-0.3, -0.25) is 9.89 Å². The molecular weight excluding hydrogens is 216 g/mol.